The molecule has 0 N–H and O–H groups in total. The van der Waals surface area contributed by atoms with Crippen molar-refractivity contribution >= 4 is 5.82 Å². The zero-order chi connectivity index (χ0) is 9.97. The Kier molecular flexibility index (Phi) is 2.32. The summed E-state index contributed by atoms with van der Waals surface area (Å²) in [5.41, 5.74) is 1.06. The maximum atomic E-state index is 8.63. The van der Waals surface area contributed by atoms with Crippen molar-refractivity contribution in [1.82, 2.24) is 10.2 Å². The lowest BCUT2D eigenvalue weighted by Gasteiger charge is -2.24. The monoisotopic (exact) mass is 188 g/mol. The van der Waals surface area contributed by atoms with Gasteiger partial charge in [0, 0.05) is 13.0 Å². The quantitative estimate of drug-likeness (QED) is 0.523. The molecule has 4 heteroatoms. The zero-order valence-corrected chi connectivity index (χ0v) is 8.14. The second-order valence-electron chi connectivity index (χ2n) is 3.60. The van der Waals surface area contributed by atoms with E-state index in [2.05, 4.69) is 10.2 Å². The highest BCUT2D eigenvalue weighted by Gasteiger charge is 2.21. The average molecular weight is 188 g/mol. The lowest BCUT2D eigenvalue weighted by atomic mass is 9.83. The van der Waals surface area contributed by atoms with Crippen LogP contribution in [-0.4, -0.2) is 17.2 Å². The van der Waals surface area contributed by atoms with E-state index in [4.69, 9.17) is 5.26 Å². The predicted octanol–water partition coefficient (Wildman–Crippen LogP) is 1.66. The fourth-order valence-electron chi connectivity index (χ4n) is 1.49. The van der Waals surface area contributed by atoms with Crippen molar-refractivity contribution in [2.24, 2.45) is 0 Å². The number of rotatable bonds is 2. The molecule has 1 aliphatic rings. The van der Waals surface area contributed by atoms with Crippen molar-refractivity contribution in [3.63, 3.8) is 0 Å². The van der Waals surface area contributed by atoms with Crippen LogP contribution in [-0.2, 0) is 0 Å². The first-order valence-corrected chi connectivity index (χ1v) is 4.78. The number of anilines is 1. The van der Waals surface area contributed by atoms with Crippen molar-refractivity contribution in [3.05, 3.63) is 17.8 Å². The van der Waals surface area contributed by atoms with E-state index in [9.17, 15) is 0 Å². The van der Waals surface area contributed by atoms with E-state index in [1.54, 1.807) is 7.05 Å². The molecule has 2 rings (SSSR count). The Bertz CT molecular complexity index is 347. The molecule has 0 saturated heterocycles. The number of nitrogens with zero attached hydrogens (tertiary/aromatic N) is 4. The van der Waals surface area contributed by atoms with E-state index in [0.29, 0.717) is 11.7 Å². The third-order valence-electron chi connectivity index (χ3n) is 2.69. The van der Waals surface area contributed by atoms with Crippen LogP contribution < -0.4 is 4.90 Å². The molecule has 0 amide bonds. The molecule has 1 aromatic rings. The van der Waals surface area contributed by atoms with E-state index in [1.807, 2.05) is 18.3 Å². The van der Waals surface area contributed by atoms with E-state index in [0.717, 1.165) is 5.69 Å². The molecular weight excluding hydrogens is 176 g/mol. The van der Waals surface area contributed by atoms with E-state index in [1.165, 1.54) is 24.2 Å². The minimum absolute atomic E-state index is 0.601. The van der Waals surface area contributed by atoms with Gasteiger partial charge in [-0.1, -0.05) is 6.42 Å². The van der Waals surface area contributed by atoms with Gasteiger partial charge in [-0.3, -0.25) is 4.90 Å². The third kappa shape index (κ3) is 1.53. The Hall–Kier alpha value is -1.63. The van der Waals surface area contributed by atoms with E-state index in [-0.39, 0.29) is 0 Å². The van der Waals surface area contributed by atoms with Gasteiger partial charge in [0.2, 0.25) is 0 Å². The molecule has 72 valence electrons. The molecule has 0 bridgehead atoms. The largest absolute Gasteiger partial charge is 0.265 e. The number of hydrogen-bond acceptors (Lipinski definition) is 4. The molecule has 1 aliphatic carbocycles. The molecule has 0 radical (unpaired) electrons. The normalized spacial score (nSPS) is 15.7. The molecule has 0 aliphatic heterocycles. The summed E-state index contributed by atoms with van der Waals surface area (Å²) in [5, 5.41) is 16.8. The highest BCUT2D eigenvalue weighted by Crippen LogP contribution is 2.34. The van der Waals surface area contributed by atoms with Gasteiger partial charge >= 0.3 is 0 Å². The minimum Gasteiger partial charge on any atom is -0.265 e. The van der Waals surface area contributed by atoms with Crippen LogP contribution in [0.5, 0.6) is 0 Å². The maximum absolute atomic E-state index is 8.63. The molecule has 1 saturated carbocycles. The highest BCUT2D eigenvalue weighted by molar-refractivity contribution is 5.41. The molecular formula is C10H12N4. The van der Waals surface area contributed by atoms with E-state index >= 15 is 0 Å². The molecule has 4 nitrogen and oxygen atoms in total. The fraction of sp³-hybridized carbons (Fsp3) is 0.500. The minimum atomic E-state index is 0.601. The van der Waals surface area contributed by atoms with Gasteiger partial charge in [0.25, 0.3) is 0 Å². The summed E-state index contributed by atoms with van der Waals surface area (Å²) in [6, 6.07) is 3.82. The summed E-state index contributed by atoms with van der Waals surface area (Å²) in [4.78, 5) is 1.40. The molecule has 14 heavy (non-hydrogen) atoms. The molecule has 1 heterocycles. The van der Waals surface area contributed by atoms with Gasteiger partial charge in [-0.2, -0.15) is 10.4 Å². The van der Waals surface area contributed by atoms with Crippen molar-refractivity contribution in [2.45, 2.75) is 25.2 Å². The maximum Gasteiger partial charge on any atom is 0.185 e. The van der Waals surface area contributed by atoms with Crippen LogP contribution in [0.15, 0.2) is 12.1 Å². The van der Waals surface area contributed by atoms with Crippen LogP contribution in [0, 0.1) is 11.5 Å². The Labute approximate surface area is 83.2 Å². The topological polar surface area (TPSA) is 52.8 Å². The Morgan fingerprint density at radius 1 is 1.43 bits per heavy atom. The van der Waals surface area contributed by atoms with Crippen molar-refractivity contribution in [3.8, 4) is 6.19 Å². The van der Waals surface area contributed by atoms with Crippen LogP contribution in [0.1, 0.15) is 30.9 Å². The summed E-state index contributed by atoms with van der Waals surface area (Å²) >= 11 is 0. The Morgan fingerprint density at radius 3 is 2.64 bits per heavy atom. The number of nitriles is 1. The van der Waals surface area contributed by atoms with Crippen LogP contribution in [0.3, 0.4) is 0 Å². The predicted molar refractivity (Wildman–Crippen MR) is 52.6 cm³/mol. The second-order valence-corrected chi connectivity index (χ2v) is 3.60. The lowest BCUT2D eigenvalue weighted by Crippen LogP contribution is -2.14. The van der Waals surface area contributed by atoms with Crippen molar-refractivity contribution in [2.75, 3.05) is 11.9 Å². The van der Waals surface area contributed by atoms with Gasteiger partial charge in [0.1, 0.15) is 0 Å². The smallest absolute Gasteiger partial charge is 0.185 e. The summed E-state index contributed by atoms with van der Waals surface area (Å²) in [6.45, 7) is 0. The average Bonchev–Trinajstić information content (AvgIpc) is 2.15. The number of aromatic nitrogens is 2. The summed E-state index contributed by atoms with van der Waals surface area (Å²) < 4.78 is 0. The first-order chi connectivity index (χ1) is 6.81. The molecule has 0 aromatic carbocycles. The molecule has 0 atom stereocenters. The molecule has 0 spiro atoms. The first-order valence-electron chi connectivity index (χ1n) is 4.78. The molecule has 1 aromatic heterocycles. The van der Waals surface area contributed by atoms with Gasteiger partial charge in [0.05, 0.1) is 5.69 Å². The Balaban J connectivity index is 2.14. The van der Waals surface area contributed by atoms with Gasteiger partial charge in [-0.25, -0.2) is 0 Å². The Morgan fingerprint density at radius 2 is 2.21 bits per heavy atom. The van der Waals surface area contributed by atoms with Crippen LogP contribution >= 0.6 is 0 Å². The fourth-order valence-corrected chi connectivity index (χ4v) is 1.49. The van der Waals surface area contributed by atoms with Gasteiger partial charge < -0.3 is 0 Å². The third-order valence-corrected chi connectivity index (χ3v) is 2.69. The summed E-state index contributed by atoms with van der Waals surface area (Å²) in [7, 11) is 1.67. The zero-order valence-electron chi connectivity index (χ0n) is 8.14. The van der Waals surface area contributed by atoms with E-state index < -0.39 is 0 Å². The van der Waals surface area contributed by atoms with Gasteiger partial charge in [0.15, 0.2) is 12.0 Å². The van der Waals surface area contributed by atoms with Crippen LogP contribution in [0.4, 0.5) is 5.82 Å². The molecule has 0 unspecified atom stereocenters. The second kappa shape index (κ2) is 3.62. The summed E-state index contributed by atoms with van der Waals surface area (Å²) in [6.07, 6.45) is 5.74. The summed E-state index contributed by atoms with van der Waals surface area (Å²) in [5.74, 6) is 1.21. The number of hydrogen-bond donors (Lipinski definition) is 0. The van der Waals surface area contributed by atoms with Crippen molar-refractivity contribution in [1.29, 1.82) is 5.26 Å². The lowest BCUT2D eigenvalue weighted by molar-refractivity contribution is 0.408. The first kappa shape index (κ1) is 8.95. The molecule has 1 fully saturated rings. The highest BCUT2D eigenvalue weighted by atomic mass is 15.2. The standard InChI is InChI=1S/C10H12N4/c1-14(7-11)10-6-5-9(12-13-10)8-3-2-4-8/h5-6,8H,2-4H2,1H3. The van der Waals surface area contributed by atoms with Crippen molar-refractivity contribution < 1.29 is 0 Å². The SMILES string of the molecule is CN(C#N)c1ccc(C2CCC2)nn1. The van der Waals surface area contributed by atoms with Gasteiger partial charge in [-0.15, -0.1) is 5.10 Å². The van der Waals surface area contributed by atoms with Crippen LogP contribution in [0.25, 0.3) is 0 Å². The van der Waals surface area contributed by atoms with Gasteiger partial charge in [-0.05, 0) is 25.0 Å². The van der Waals surface area contributed by atoms with Crippen LogP contribution in [0.2, 0.25) is 0 Å².